The molecule has 2 atom stereocenters. The monoisotopic (exact) mass is 291 g/mol. The van der Waals surface area contributed by atoms with Crippen LogP contribution >= 0.6 is 0 Å². The quantitative estimate of drug-likeness (QED) is 0.923. The Morgan fingerprint density at radius 3 is 2.81 bits per heavy atom. The van der Waals surface area contributed by atoms with Crippen molar-refractivity contribution in [3.63, 3.8) is 0 Å². The van der Waals surface area contributed by atoms with Crippen molar-refractivity contribution in [3.05, 3.63) is 29.8 Å². The van der Waals surface area contributed by atoms with Crippen LogP contribution in [0.2, 0.25) is 0 Å². The second-order valence-corrected chi connectivity index (χ2v) is 5.46. The Hall–Kier alpha value is -2.04. The Kier molecular flexibility index (Phi) is 4.83. The fourth-order valence-corrected chi connectivity index (χ4v) is 2.63. The molecule has 0 aliphatic carbocycles. The summed E-state index contributed by atoms with van der Waals surface area (Å²) in [6.45, 7) is 4.10. The fourth-order valence-electron chi connectivity index (χ4n) is 2.63. The number of rotatable bonds is 4. The summed E-state index contributed by atoms with van der Waals surface area (Å²) in [5.41, 5.74) is 1.05. The maximum atomic E-state index is 12.4. The molecule has 0 aromatic heterocycles. The van der Waals surface area contributed by atoms with E-state index in [0.717, 1.165) is 18.4 Å². The average molecular weight is 291 g/mol. The second kappa shape index (κ2) is 6.61. The maximum absolute atomic E-state index is 12.4. The van der Waals surface area contributed by atoms with Crippen LogP contribution in [0, 0.1) is 6.92 Å². The largest absolute Gasteiger partial charge is 0.481 e. The van der Waals surface area contributed by atoms with Crippen molar-refractivity contribution in [1.82, 2.24) is 4.90 Å². The number of carbonyl (C=O) groups excluding carboxylic acids is 1. The standard InChI is InChI=1S/C16H21NO4/c1-11-6-5-7-13(10-11)21-12(2)15(18)17-9-4-3-8-14(17)16(19)20/h5-7,10,12,14H,3-4,8-9H2,1-2H3,(H,19,20)/t12?,14-/m0/s1. The Morgan fingerprint density at radius 2 is 2.14 bits per heavy atom. The van der Waals surface area contributed by atoms with Gasteiger partial charge in [-0.05, 0) is 50.8 Å². The number of aryl methyl sites for hydroxylation is 1. The van der Waals surface area contributed by atoms with Gasteiger partial charge in [0.1, 0.15) is 11.8 Å². The van der Waals surface area contributed by atoms with Crippen LogP contribution in [0.3, 0.4) is 0 Å². The summed E-state index contributed by atoms with van der Waals surface area (Å²) in [4.78, 5) is 25.1. The number of likely N-dealkylation sites (tertiary alicyclic amines) is 1. The molecule has 0 saturated carbocycles. The zero-order valence-corrected chi connectivity index (χ0v) is 12.4. The Bertz CT molecular complexity index is 529. The van der Waals surface area contributed by atoms with Crippen LogP contribution in [-0.4, -0.2) is 40.6 Å². The zero-order valence-electron chi connectivity index (χ0n) is 12.4. The van der Waals surface area contributed by atoms with Gasteiger partial charge in [0.15, 0.2) is 6.10 Å². The summed E-state index contributed by atoms with van der Waals surface area (Å²) >= 11 is 0. The molecule has 1 saturated heterocycles. The lowest BCUT2D eigenvalue weighted by Gasteiger charge is -2.34. The van der Waals surface area contributed by atoms with Crippen molar-refractivity contribution < 1.29 is 19.4 Å². The van der Waals surface area contributed by atoms with Crippen molar-refractivity contribution in [3.8, 4) is 5.75 Å². The molecule has 2 rings (SSSR count). The van der Waals surface area contributed by atoms with Gasteiger partial charge in [0.25, 0.3) is 5.91 Å². The number of benzene rings is 1. The molecule has 1 unspecified atom stereocenters. The van der Waals surface area contributed by atoms with E-state index in [0.29, 0.717) is 18.7 Å². The number of aliphatic carboxylic acids is 1. The molecule has 1 aromatic rings. The molecule has 5 nitrogen and oxygen atoms in total. The summed E-state index contributed by atoms with van der Waals surface area (Å²) in [5, 5.41) is 9.23. The lowest BCUT2D eigenvalue weighted by atomic mass is 10.0. The molecule has 1 amide bonds. The molecule has 0 radical (unpaired) electrons. The number of ether oxygens (including phenoxy) is 1. The number of piperidine rings is 1. The molecule has 1 heterocycles. The van der Waals surface area contributed by atoms with E-state index < -0.39 is 18.1 Å². The maximum Gasteiger partial charge on any atom is 0.326 e. The molecule has 1 aliphatic rings. The highest BCUT2D eigenvalue weighted by atomic mass is 16.5. The number of carbonyl (C=O) groups is 2. The molecular weight excluding hydrogens is 270 g/mol. The van der Waals surface area contributed by atoms with Crippen molar-refractivity contribution in [2.75, 3.05) is 6.54 Å². The van der Waals surface area contributed by atoms with Crippen LogP contribution in [0.15, 0.2) is 24.3 Å². The highest BCUT2D eigenvalue weighted by Crippen LogP contribution is 2.20. The molecule has 21 heavy (non-hydrogen) atoms. The van der Waals surface area contributed by atoms with Crippen LogP contribution in [0.1, 0.15) is 31.7 Å². The van der Waals surface area contributed by atoms with Gasteiger partial charge in [-0.2, -0.15) is 0 Å². The van der Waals surface area contributed by atoms with E-state index in [9.17, 15) is 14.7 Å². The minimum absolute atomic E-state index is 0.261. The number of amides is 1. The van der Waals surface area contributed by atoms with Crippen molar-refractivity contribution in [1.29, 1.82) is 0 Å². The number of carboxylic acids is 1. The summed E-state index contributed by atoms with van der Waals surface area (Å²) in [5.74, 6) is -0.575. The molecule has 114 valence electrons. The number of hydrogen-bond donors (Lipinski definition) is 1. The topological polar surface area (TPSA) is 66.8 Å². The molecule has 1 fully saturated rings. The van der Waals surface area contributed by atoms with Gasteiger partial charge in [0.05, 0.1) is 0 Å². The first-order valence-electron chi connectivity index (χ1n) is 7.25. The van der Waals surface area contributed by atoms with Crippen molar-refractivity contribution >= 4 is 11.9 Å². The van der Waals surface area contributed by atoms with Gasteiger partial charge >= 0.3 is 5.97 Å². The third-order valence-electron chi connectivity index (χ3n) is 3.72. The third kappa shape index (κ3) is 3.74. The van der Waals surface area contributed by atoms with Crippen LogP contribution in [0.5, 0.6) is 5.75 Å². The Morgan fingerprint density at radius 1 is 1.38 bits per heavy atom. The van der Waals surface area contributed by atoms with Gasteiger partial charge in [-0.1, -0.05) is 12.1 Å². The second-order valence-electron chi connectivity index (χ2n) is 5.46. The lowest BCUT2D eigenvalue weighted by Crippen LogP contribution is -2.52. The summed E-state index contributed by atoms with van der Waals surface area (Å²) in [6, 6.07) is 6.73. The summed E-state index contributed by atoms with van der Waals surface area (Å²) in [6.07, 6.45) is 1.51. The van der Waals surface area contributed by atoms with Crippen LogP contribution in [0.25, 0.3) is 0 Å². The van der Waals surface area contributed by atoms with Crippen LogP contribution < -0.4 is 4.74 Å². The summed E-state index contributed by atoms with van der Waals surface area (Å²) < 4.78 is 5.65. The summed E-state index contributed by atoms with van der Waals surface area (Å²) in [7, 11) is 0. The first kappa shape index (κ1) is 15.4. The van der Waals surface area contributed by atoms with E-state index >= 15 is 0 Å². The smallest absolute Gasteiger partial charge is 0.326 e. The predicted molar refractivity (Wildman–Crippen MR) is 78.3 cm³/mol. The highest BCUT2D eigenvalue weighted by Gasteiger charge is 2.34. The first-order chi connectivity index (χ1) is 9.99. The van der Waals surface area contributed by atoms with E-state index in [1.807, 2.05) is 25.1 Å². The van der Waals surface area contributed by atoms with Crippen molar-refractivity contribution in [2.45, 2.75) is 45.3 Å². The Labute approximate surface area is 124 Å². The minimum Gasteiger partial charge on any atom is -0.481 e. The van der Waals surface area contributed by atoms with Gasteiger partial charge in [0.2, 0.25) is 0 Å². The molecule has 5 heteroatoms. The lowest BCUT2D eigenvalue weighted by molar-refractivity contribution is -0.155. The molecule has 0 bridgehead atoms. The zero-order chi connectivity index (χ0) is 15.4. The van der Waals surface area contributed by atoms with Gasteiger partial charge in [-0.25, -0.2) is 4.79 Å². The van der Waals surface area contributed by atoms with E-state index in [1.54, 1.807) is 13.0 Å². The van der Waals surface area contributed by atoms with Crippen molar-refractivity contribution in [2.24, 2.45) is 0 Å². The minimum atomic E-state index is -0.939. The molecule has 1 aromatic carbocycles. The molecule has 1 N–H and O–H groups in total. The normalized spacial score (nSPS) is 19.9. The number of carboxylic acid groups (broad SMARTS) is 1. The van der Waals surface area contributed by atoms with E-state index in [4.69, 9.17) is 4.74 Å². The van der Waals surface area contributed by atoms with Gasteiger partial charge in [0, 0.05) is 6.54 Å². The molecule has 1 aliphatic heterocycles. The molecular formula is C16H21NO4. The molecule has 0 spiro atoms. The SMILES string of the molecule is Cc1cccc(OC(C)C(=O)N2CCCC[C@H]2C(=O)O)c1. The van der Waals surface area contributed by atoms with E-state index in [-0.39, 0.29) is 5.91 Å². The van der Waals surface area contributed by atoms with Gasteiger partial charge < -0.3 is 14.7 Å². The van der Waals surface area contributed by atoms with E-state index in [1.165, 1.54) is 4.90 Å². The van der Waals surface area contributed by atoms with E-state index in [2.05, 4.69) is 0 Å². The van der Waals surface area contributed by atoms with Gasteiger partial charge in [-0.3, -0.25) is 4.79 Å². The van der Waals surface area contributed by atoms with Crippen LogP contribution in [0.4, 0.5) is 0 Å². The third-order valence-corrected chi connectivity index (χ3v) is 3.72. The van der Waals surface area contributed by atoms with Gasteiger partial charge in [-0.15, -0.1) is 0 Å². The van der Waals surface area contributed by atoms with Crippen LogP contribution in [-0.2, 0) is 9.59 Å². The fraction of sp³-hybridized carbons (Fsp3) is 0.500. The predicted octanol–water partition coefficient (Wildman–Crippen LogP) is 2.23. The highest BCUT2D eigenvalue weighted by molar-refractivity contribution is 5.86. The number of nitrogens with zero attached hydrogens (tertiary/aromatic N) is 1. The average Bonchev–Trinajstić information content (AvgIpc) is 2.46. The first-order valence-corrected chi connectivity index (χ1v) is 7.25. The number of hydrogen-bond acceptors (Lipinski definition) is 3. The Balaban J connectivity index is 2.05.